The molecule has 2 amide bonds. The van der Waals surface area contributed by atoms with Crippen molar-refractivity contribution in [2.75, 3.05) is 32.6 Å². The molecule has 118 valence electrons. The van der Waals surface area contributed by atoms with Crippen LogP contribution in [0.4, 0.5) is 9.93 Å². The molecule has 2 heterocycles. The van der Waals surface area contributed by atoms with Crippen LogP contribution in [0.3, 0.4) is 0 Å². The number of hydrogen-bond donors (Lipinski definition) is 2. The van der Waals surface area contributed by atoms with Gasteiger partial charge in [-0.15, -0.1) is 10.2 Å². The number of hydrogen-bond acceptors (Lipinski definition) is 7. The molecule has 0 saturated carbocycles. The van der Waals surface area contributed by atoms with E-state index in [4.69, 9.17) is 4.74 Å². The van der Waals surface area contributed by atoms with Crippen molar-refractivity contribution in [1.82, 2.24) is 19.8 Å². The number of sulfonamides is 1. The van der Waals surface area contributed by atoms with Crippen molar-refractivity contribution in [3.05, 3.63) is 0 Å². The minimum atomic E-state index is -3.72. The molecule has 9 nitrogen and oxygen atoms in total. The average molecular weight is 335 g/mol. The number of nitrogens with zero attached hydrogens (tertiary/aromatic N) is 3. The first-order chi connectivity index (χ1) is 9.93. The fourth-order valence-electron chi connectivity index (χ4n) is 1.83. The fourth-order valence-corrected chi connectivity index (χ4v) is 4.12. The van der Waals surface area contributed by atoms with Crippen molar-refractivity contribution in [3.63, 3.8) is 0 Å². The predicted octanol–water partition coefficient (Wildman–Crippen LogP) is 0.0889. The molecule has 0 aromatic carbocycles. The topological polar surface area (TPSA) is 114 Å². The molecule has 0 radical (unpaired) electrons. The molecule has 2 N–H and O–H groups in total. The van der Waals surface area contributed by atoms with Gasteiger partial charge in [0.1, 0.15) is 0 Å². The van der Waals surface area contributed by atoms with E-state index in [1.807, 2.05) is 0 Å². The van der Waals surface area contributed by atoms with Crippen molar-refractivity contribution in [2.45, 2.75) is 23.3 Å². The summed E-state index contributed by atoms with van der Waals surface area (Å²) >= 11 is 0.805. The maximum absolute atomic E-state index is 12.3. The van der Waals surface area contributed by atoms with Crippen molar-refractivity contribution in [3.8, 4) is 0 Å². The average Bonchev–Trinajstić information content (AvgIpc) is 3.10. The van der Waals surface area contributed by atoms with E-state index < -0.39 is 16.1 Å². The molecule has 1 unspecified atom stereocenters. The number of amides is 2. The second-order valence-corrected chi connectivity index (χ2v) is 7.69. The van der Waals surface area contributed by atoms with Crippen LogP contribution in [0.1, 0.15) is 12.8 Å². The van der Waals surface area contributed by atoms with Gasteiger partial charge < -0.3 is 10.1 Å². The van der Waals surface area contributed by atoms with Gasteiger partial charge in [-0.25, -0.2) is 13.2 Å². The third-order valence-corrected chi connectivity index (χ3v) is 5.98. The third kappa shape index (κ3) is 3.87. The second-order valence-electron chi connectivity index (χ2n) is 4.50. The molecule has 2 rings (SSSR count). The molecule has 1 aromatic heterocycles. The summed E-state index contributed by atoms with van der Waals surface area (Å²) < 4.78 is 31.1. The van der Waals surface area contributed by atoms with Crippen LogP contribution in [-0.2, 0) is 14.8 Å². The Bertz CT molecular complexity index is 596. The molecule has 1 aliphatic rings. The van der Waals surface area contributed by atoms with Gasteiger partial charge >= 0.3 is 6.03 Å². The SMILES string of the molecule is CNC(=O)Nc1nnc(S(=O)(=O)N(C)CC2CCCO2)s1. The lowest BCUT2D eigenvalue weighted by atomic mass is 10.2. The Kier molecular flexibility index (Phi) is 5.08. The highest BCUT2D eigenvalue weighted by atomic mass is 32.2. The number of anilines is 1. The van der Waals surface area contributed by atoms with E-state index >= 15 is 0 Å². The van der Waals surface area contributed by atoms with Gasteiger partial charge in [-0.2, -0.15) is 4.31 Å². The summed E-state index contributed by atoms with van der Waals surface area (Å²) in [5.41, 5.74) is 0. The smallest absolute Gasteiger partial charge is 0.320 e. The lowest BCUT2D eigenvalue weighted by Crippen LogP contribution is -2.34. The van der Waals surface area contributed by atoms with Gasteiger partial charge in [0.15, 0.2) is 0 Å². The quantitative estimate of drug-likeness (QED) is 0.737. The molecule has 1 atom stereocenters. The van der Waals surface area contributed by atoms with Gasteiger partial charge in [0.2, 0.25) is 9.47 Å². The number of carbonyl (C=O) groups is 1. The zero-order valence-electron chi connectivity index (χ0n) is 11.7. The number of nitrogens with one attached hydrogen (secondary N) is 2. The predicted molar refractivity (Wildman–Crippen MR) is 76.8 cm³/mol. The molecule has 1 saturated heterocycles. The molecule has 11 heteroatoms. The Balaban J connectivity index is 2.06. The van der Waals surface area contributed by atoms with E-state index in [-0.39, 0.29) is 22.1 Å². The molecular weight excluding hydrogens is 318 g/mol. The summed E-state index contributed by atoms with van der Waals surface area (Å²) in [6, 6.07) is -0.484. The standard InChI is InChI=1S/C10H17N5O4S2/c1-11-8(16)12-9-13-14-10(20-9)21(17,18)15(2)6-7-4-3-5-19-7/h7H,3-6H2,1-2H3,(H2,11,12,13,16). The summed E-state index contributed by atoms with van der Waals surface area (Å²) in [5, 5.41) is 12.1. The molecule has 0 aliphatic carbocycles. The maximum atomic E-state index is 12.3. The molecule has 21 heavy (non-hydrogen) atoms. The van der Waals surface area contributed by atoms with Crippen LogP contribution in [0.25, 0.3) is 0 Å². The molecule has 0 bridgehead atoms. The van der Waals surface area contributed by atoms with Gasteiger partial charge in [-0.05, 0) is 12.8 Å². The highest BCUT2D eigenvalue weighted by Crippen LogP contribution is 2.23. The van der Waals surface area contributed by atoms with Crippen molar-refractivity contribution < 1.29 is 17.9 Å². The molecule has 1 fully saturated rings. The van der Waals surface area contributed by atoms with Crippen LogP contribution >= 0.6 is 11.3 Å². The normalized spacial score (nSPS) is 18.9. The fraction of sp³-hybridized carbons (Fsp3) is 0.700. The van der Waals surface area contributed by atoms with Crippen molar-refractivity contribution >= 4 is 32.5 Å². The highest BCUT2D eigenvalue weighted by molar-refractivity contribution is 7.91. The first kappa shape index (κ1) is 16.1. The van der Waals surface area contributed by atoms with Gasteiger partial charge in [-0.1, -0.05) is 11.3 Å². The second kappa shape index (κ2) is 6.64. The number of urea groups is 1. The van der Waals surface area contributed by atoms with E-state index in [1.165, 1.54) is 18.4 Å². The van der Waals surface area contributed by atoms with Crippen molar-refractivity contribution in [1.29, 1.82) is 0 Å². The first-order valence-corrected chi connectivity index (χ1v) is 8.59. The Morgan fingerprint density at radius 2 is 2.29 bits per heavy atom. The lowest BCUT2D eigenvalue weighted by molar-refractivity contribution is 0.0979. The molecule has 1 aromatic rings. The summed E-state index contributed by atoms with van der Waals surface area (Å²) in [6.45, 7) is 0.942. The Morgan fingerprint density at radius 3 is 2.90 bits per heavy atom. The maximum Gasteiger partial charge on any atom is 0.320 e. The summed E-state index contributed by atoms with van der Waals surface area (Å²) in [4.78, 5) is 11.1. The van der Waals surface area contributed by atoms with Crippen LogP contribution in [-0.4, -0.2) is 62.3 Å². The number of likely N-dealkylation sites (N-methyl/N-ethyl adjacent to an activating group) is 1. The summed E-state index contributed by atoms with van der Waals surface area (Å²) in [5.74, 6) is 0. The van der Waals surface area contributed by atoms with Gasteiger partial charge in [0.25, 0.3) is 10.0 Å². The lowest BCUT2D eigenvalue weighted by Gasteiger charge is -2.18. The van der Waals surface area contributed by atoms with Crippen LogP contribution in [0, 0.1) is 0 Å². The number of rotatable bonds is 5. The monoisotopic (exact) mass is 335 g/mol. The first-order valence-electron chi connectivity index (χ1n) is 6.33. The highest BCUT2D eigenvalue weighted by Gasteiger charge is 2.29. The summed E-state index contributed by atoms with van der Waals surface area (Å²) in [6.07, 6.45) is 1.71. The Morgan fingerprint density at radius 1 is 1.52 bits per heavy atom. The Hall–Kier alpha value is -1.30. The van der Waals surface area contributed by atoms with Gasteiger partial charge in [0, 0.05) is 27.2 Å². The third-order valence-electron chi connectivity index (χ3n) is 2.97. The number of aromatic nitrogens is 2. The minimum absolute atomic E-state index is 0.0823. The van der Waals surface area contributed by atoms with E-state index in [0.29, 0.717) is 6.61 Å². The number of ether oxygens (including phenoxy) is 1. The van der Waals surface area contributed by atoms with Gasteiger partial charge in [0.05, 0.1) is 6.10 Å². The number of carbonyl (C=O) groups excluding carboxylic acids is 1. The van der Waals surface area contributed by atoms with E-state index in [0.717, 1.165) is 24.2 Å². The molecule has 1 aliphatic heterocycles. The van der Waals surface area contributed by atoms with E-state index in [2.05, 4.69) is 20.8 Å². The van der Waals surface area contributed by atoms with E-state index in [1.54, 1.807) is 0 Å². The van der Waals surface area contributed by atoms with Crippen LogP contribution in [0.15, 0.2) is 4.34 Å². The van der Waals surface area contributed by atoms with Crippen LogP contribution in [0.5, 0.6) is 0 Å². The van der Waals surface area contributed by atoms with Crippen LogP contribution < -0.4 is 10.6 Å². The molecular formula is C10H17N5O4S2. The van der Waals surface area contributed by atoms with Crippen molar-refractivity contribution in [2.24, 2.45) is 0 Å². The summed E-state index contributed by atoms with van der Waals surface area (Å²) in [7, 11) is -0.797. The minimum Gasteiger partial charge on any atom is -0.377 e. The van der Waals surface area contributed by atoms with E-state index in [9.17, 15) is 13.2 Å². The Labute approximate surface area is 126 Å². The van der Waals surface area contributed by atoms with Crippen LogP contribution in [0.2, 0.25) is 0 Å². The zero-order chi connectivity index (χ0) is 15.5. The zero-order valence-corrected chi connectivity index (χ0v) is 13.3. The largest absolute Gasteiger partial charge is 0.377 e. The van der Waals surface area contributed by atoms with Gasteiger partial charge in [-0.3, -0.25) is 5.32 Å². The molecule has 0 spiro atoms.